The summed E-state index contributed by atoms with van der Waals surface area (Å²) in [4.78, 5) is 9.06. The van der Waals surface area contributed by atoms with E-state index < -0.39 is 0 Å². The molecule has 0 radical (unpaired) electrons. The lowest BCUT2D eigenvalue weighted by Crippen LogP contribution is -2.40. The van der Waals surface area contributed by atoms with E-state index >= 15 is 0 Å². The summed E-state index contributed by atoms with van der Waals surface area (Å²) < 4.78 is 0. The maximum Gasteiger partial charge on any atom is 0.124 e. The van der Waals surface area contributed by atoms with E-state index in [0.717, 1.165) is 6.61 Å². The second-order valence-corrected chi connectivity index (χ2v) is 6.08. The fourth-order valence-corrected chi connectivity index (χ4v) is 1.57. The van der Waals surface area contributed by atoms with Gasteiger partial charge in [0.25, 0.3) is 0 Å². The first kappa shape index (κ1) is 15.2. The Balaban J connectivity index is 0.000000225. The van der Waals surface area contributed by atoms with Gasteiger partial charge >= 0.3 is 0 Å². The van der Waals surface area contributed by atoms with Crippen molar-refractivity contribution in [2.75, 3.05) is 6.61 Å². The molecule has 1 fully saturated rings. The number of rotatable bonds is 2. The minimum absolute atomic E-state index is 0. The summed E-state index contributed by atoms with van der Waals surface area (Å²) in [6.07, 6.45) is 0. The molecule has 0 aromatic heterocycles. The molecule has 0 bridgehead atoms. The highest BCUT2D eigenvalue weighted by molar-refractivity contribution is 5.27. The van der Waals surface area contributed by atoms with Crippen molar-refractivity contribution in [2.45, 2.75) is 59.0 Å². The van der Waals surface area contributed by atoms with Gasteiger partial charge in [0.15, 0.2) is 0 Å². The van der Waals surface area contributed by atoms with Crippen molar-refractivity contribution < 1.29 is 9.78 Å². The molecular formula is C16H26O2. The lowest BCUT2D eigenvalue weighted by Gasteiger charge is -2.31. The Morgan fingerprint density at radius 2 is 1.39 bits per heavy atom. The molecular weight excluding hydrogens is 224 g/mol. The fraction of sp³-hybridized carbons (Fsp3) is 0.625. The standard InChI is InChI=1S/C12H18.C4H8O2/c1-9(2)11-6-5-7-12(8-11)10(3)4;1-4(2)3-5-6-4/h5-10H,1-4H3;3H2,1-2H3. The molecule has 0 amide bonds. The molecule has 1 aromatic carbocycles. The number of hydrogen-bond acceptors (Lipinski definition) is 2. The molecule has 0 spiro atoms. The van der Waals surface area contributed by atoms with E-state index in [4.69, 9.17) is 0 Å². The topological polar surface area (TPSA) is 18.5 Å². The van der Waals surface area contributed by atoms with Crippen LogP contribution < -0.4 is 0 Å². The molecule has 2 heteroatoms. The van der Waals surface area contributed by atoms with Crippen molar-refractivity contribution in [1.82, 2.24) is 0 Å². The largest absolute Gasteiger partial charge is 0.233 e. The van der Waals surface area contributed by atoms with Crippen LogP contribution in [0.3, 0.4) is 0 Å². The van der Waals surface area contributed by atoms with Gasteiger partial charge in [-0.1, -0.05) is 52.0 Å². The summed E-state index contributed by atoms with van der Waals surface area (Å²) in [7, 11) is 0. The highest BCUT2D eigenvalue weighted by atomic mass is 17.2. The van der Waals surface area contributed by atoms with Crippen LogP contribution in [0.15, 0.2) is 24.3 Å². The van der Waals surface area contributed by atoms with Crippen molar-refractivity contribution in [3.05, 3.63) is 35.4 Å². The smallest absolute Gasteiger partial charge is 0.124 e. The number of hydrogen-bond donors (Lipinski definition) is 0. The third-order valence-corrected chi connectivity index (χ3v) is 2.94. The van der Waals surface area contributed by atoms with Gasteiger partial charge in [0, 0.05) is 0 Å². The van der Waals surface area contributed by atoms with Gasteiger partial charge in [0.2, 0.25) is 0 Å². The van der Waals surface area contributed by atoms with Gasteiger partial charge in [-0.2, -0.15) is 0 Å². The monoisotopic (exact) mass is 250 g/mol. The van der Waals surface area contributed by atoms with E-state index in [1.54, 1.807) is 0 Å². The maximum absolute atomic E-state index is 4.62. The molecule has 0 N–H and O–H groups in total. The first-order valence-electron chi connectivity index (χ1n) is 6.72. The predicted molar refractivity (Wildman–Crippen MR) is 75.7 cm³/mol. The molecule has 1 aliphatic heterocycles. The third kappa shape index (κ3) is 4.79. The Hall–Kier alpha value is -0.860. The molecule has 0 unspecified atom stereocenters. The van der Waals surface area contributed by atoms with Gasteiger partial charge in [-0.15, -0.1) is 0 Å². The van der Waals surface area contributed by atoms with E-state index in [1.165, 1.54) is 11.1 Å². The van der Waals surface area contributed by atoms with E-state index in [9.17, 15) is 0 Å². The Morgan fingerprint density at radius 3 is 1.61 bits per heavy atom. The van der Waals surface area contributed by atoms with Gasteiger partial charge in [-0.05, 0) is 36.8 Å². The second-order valence-electron chi connectivity index (χ2n) is 6.08. The lowest BCUT2D eigenvalue weighted by molar-refractivity contribution is -0.460. The van der Waals surface area contributed by atoms with E-state index in [2.05, 4.69) is 61.7 Å². The summed E-state index contributed by atoms with van der Waals surface area (Å²) in [6.45, 7) is 13.6. The lowest BCUT2D eigenvalue weighted by atomic mass is 9.96. The maximum atomic E-state index is 4.62. The first-order chi connectivity index (χ1) is 8.32. The van der Waals surface area contributed by atoms with Gasteiger partial charge in [-0.25, -0.2) is 9.78 Å². The summed E-state index contributed by atoms with van der Waals surface area (Å²) in [5.41, 5.74) is 2.89. The van der Waals surface area contributed by atoms with E-state index in [1.807, 2.05) is 13.8 Å². The van der Waals surface area contributed by atoms with Gasteiger partial charge < -0.3 is 0 Å². The molecule has 0 aliphatic carbocycles. The highest BCUT2D eigenvalue weighted by Gasteiger charge is 2.29. The molecule has 2 nitrogen and oxygen atoms in total. The minimum Gasteiger partial charge on any atom is -0.233 e. The summed E-state index contributed by atoms with van der Waals surface area (Å²) in [5, 5.41) is 0. The summed E-state index contributed by atoms with van der Waals surface area (Å²) in [5.74, 6) is 1.28. The van der Waals surface area contributed by atoms with Crippen LogP contribution in [0.25, 0.3) is 0 Å². The molecule has 0 atom stereocenters. The van der Waals surface area contributed by atoms with Crippen molar-refractivity contribution in [2.24, 2.45) is 0 Å². The fourth-order valence-electron chi connectivity index (χ4n) is 1.57. The normalized spacial score (nSPS) is 17.1. The van der Waals surface area contributed by atoms with Gasteiger partial charge in [0.05, 0.1) is 0 Å². The molecule has 1 heterocycles. The predicted octanol–water partition coefficient (Wildman–Crippen LogP) is 4.66. The van der Waals surface area contributed by atoms with Crippen molar-refractivity contribution in [3.8, 4) is 0 Å². The van der Waals surface area contributed by atoms with Gasteiger partial charge in [-0.3, -0.25) is 0 Å². The molecule has 18 heavy (non-hydrogen) atoms. The quantitative estimate of drug-likeness (QED) is 0.711. The molecule has 102 valence electrons. The van der Waals surface area contributed by atoms with Crippen LogP contribution in [-0.2, 0) is 9.78 Å². The molecule has 1 aliphatic rings. The van der Waals surface area contributed by atoms with Gasteiger partial charge in [0.1, 0.15) is 12.2 Å². The van der Waals surface area contributed by atoms with Crippen LogP contribution in [0.1, 0.15) is 64.5 Å². The first-order valence-corrected chi connectivity index (χ1v) is 6.72. The van der Waals surface area contributed by atoms with Crippen LogP contribution in [0.4, 0.5) is 0 Å². The molecule has 2 rings (SSSR count). The van der Waals surface area contributed by atoms with Crippen LogP contribution in [0.5, 0.6) is 0 Å². The number of benzene rings is 1. The average Bonchev–Trinajstić information content (AvgIpc) is 2.28. The second kappa shape index (κ2) is 6.35. The van der Waals surface area contributed by atoms with Crippen molar-refractivity contribution in [3.63, 3.8) is 0 Å². The Bertz CT molecular complexity index is 338. The van der Waals surface area contributed by atoms with Crippen LogP contribution in [0, 0.1) is 0 Å². The Morgan fingerprint density at radius 1 is 1.00 bits per heavy atom. The van der Waals surface area contributed by atoms with E-state index in [0.29, 0.717) is 11.8 Å². The molecule has 1 aromatic rings. The SMILES string of the molecule is CC(C)c1cccc(C(C)C)c1.CC1(C)COO1. The van der Waals surface area contributed by atoms with Crippen molar-refractivity contribution >= 4 is 0 Å². The van der Waals surface area contributed by atoms with Crippen LogP contribution >= 0.6 is 0 Å². The summed E-state index contributed by atoms with van der Waals surface area (Å²) >= 11 is 0. The van der Waals surface area contributed by atoms with E-state index in [-0.39, 0.29) is 5.60 Å². The van der Waals surface area contributed by atoms with Crippen LogP contribution in [-0.4, -0.2) is 12.2 Å². The van der Waals surface area contributed by atoms with Crippen LogP contribution in [0.2, 0.25) is 0 Å². The molecule has 0 saturated carbocycles. The highest BCUT2D eigenvalue weighted by Crippen LogP contribution is 2.20. The minimum atomic E-state index is 0. The zero-order valence-electron chi connectivity index (χ0n) is 12.5. The Kier molecular flexibility index (Phi) is 5.36. The summed E-state index contributed by atoms with van der Waals surface area (Å²) in [6, 6.07) is 8.88. The zero-order valence-corrected chi connectivity index (χ0v) is 12.5. The average molecular weight is 250 g/mol. The zero-order chi connectivity index (χ0) is 13.8. The molecule has 1 saturated heterocycles. The third-order valence-electron chi connectivity index (χ3n) is 2.94. The Labute approximate surface area is 111 Å². The van der Waals surface area contributed by atoms with Crippen molar-refractivity contribution in [1.29, 1.82) is 0 Å².